The average Bonchev–Trinajstić information content (AvgIpc) is 2.37. The predicted molar refractivity (Wildman–Crippen MR) is 65.6 cm³/mol. The summed E-state index contributed by atoms with van der Waals surface area (Å²) in [6.07, 6.45) is 1.57. The van der Waals surface area contributed by atoms with Gasteiger partial charge in [-0.25, -0.2) is 4.98 Å². The molecule has 2 rings (SSSR count). The van der Waals surface area contributed by atoms with Crippen LogP contribution in [0.5, 0.6) is 5.88 Å². The number of nitrogens with zero attached hydrogens (tertiary/aromatic N) is 1. The molecule has 1 aliphatic rings. The van der Waals surface area contributed by atoms with Gasteiger partial charge in [0.2, 0.25) is 5.88 Å². The number of nitrogens with one attached hydrogen (secondary N) is 1. The van der Waals surface area contributed by atoms with Gasteiger partial charge < -0.3 is 20.5 Å². The van der Waals surface area contributed by atoms with Crippen molar-refractivity contribution in [1.29, 1.82) is 0 Å². The van der Waals surface area contributed by atoms with Crippen LogP contribution < -0.4 is 15.8 Å². The molecule has 2 heterocycles. The number of hydrogen-bond acceptors (Lipinski definition) is 5. The van der Waals surface area contributed by atoms with Crippen molar-refractivity contribution in [2.75, 3.05) is 26.3 Å². The Bertz CT molecular complexity index is 431. The zero-order valence-corrected chi connectivity index (χ0v) is 10.3. The molecule has 1 aliphatic heterocycles. The average molecular weight is 251 g/mol. The van der Waals surface area contributed by atoms with Crippen LogP contribution in [0.2, 0.25) is 0 Å². The number of carbonyl (C=O) groups is 1. The Morgan fingerprint density at radius 1 is 1.72 bits per heavy atom. The first-order chi connectivity index (χ1) is 8.68. The molecule has 18 heavy (non-hydrogen) atoms. The van der Waals surface area contributed by atoms with Gasteiger partial charge in [0.15, 0.2) is 0 Å². The SMILES string of the molecule is Cc1ccnc(OCC2CNCCO2)c1C(N)=O. The van der Waals surface area contributed by atoms with Crippen molar-refractivity contribution in [2.24, 2.45) is 5.73 Å². The largest absolute Gasteiger partial charge is 0.474 e. The van der Waals surface area contributed by atoms with Gasteiger partial charge in [-0.15, -0.1) is 0 Å². The zero-order valence-electron chi connectivity index (χ0n) is 10.3. The lowest BCUT2D eigenvalue weighted by molar-refractivity contribution is -0.000927. The van der Waals surface area contributed by atoms with Crippen molar-refractivity contribution in [1.82, 2.24) is 10.3 Å². The minimum Gasteiger partial charge on any atom is -0.474 e. The summed E-state index contributed by atoms with van der Waals surface area (Å²) in [7, 11) is 0. The van der Waals surface area contributed by atoms with E-state index in [2.05, 4.69) is 10.3 Å². The Morgan fingerprint density at radius 3 is 3.22 bits per heavy atom. The summed E-state index contributed by atoms with van der Waals surface area (Å²) in [5.74, 6) is -0.255. The van der Waals surface area contributed by atoms with Crippen molar-refractivity contribution in [3.8, 4) is 5.88 Å². The standard InChI is InChI=1S/C12H17N3O3/c1-8-2-3-15-12(10(8)11(13)16)18-7-9-6-14-4-5-17-9/h2-3,9,14H,4-7H2,1H3,(H2,13,16). The molecular weight excluding hydrogens is 234 g/mol. The molecule has 1 aromatic heterocycles. The third-order valence-corrected chi connectivity index (χ3v) is 2.78. The molecule has 3 N–H and O–H groups in total. The number of pyridine rings is 1. The second-order valence-corrected chi connectivity index (χ2v) is 4.18. The summed E-state index contributed by atoms with van der Waals surface area (Å²) in [5.41, 5.74) is 6.42. The van der Waals surface area contributed by atoms with Gasteiger partial charge in [0.1, 0.15) is 18.3 Å². The van der Waals surface area contributed by atoms with E-state index in [0.717, 1.165) is 18.7 Å². The lowest BCUT2D eigenvalue weighted by Gasteiger charge is -2.23. The van der Waals surface area contributed by atoms with Crippen LogP contribution in [0.4, 0.5) is 0 Å². The zero-order chi connectivity index (χ0) is 13.0. The van der Waals surface area contributed by atoms with Gasteiger partial charge >= 0.3 is 0 Å². The summed E-state index contributed by atoms with van der Waals surface area (Å²) in [6, 6.07) is 1.73. The second-order valence-electron chi connectivity index (χ2n) is 4.18. The molecule has 1 atom stereocenters. The number of nitrogens with two attached hydrogens (primary N) is 1. The smallest absolute Gasteiger partial charge is 0.254 e. The first-order valence-corrected chi connectivity index (χ1v) is 5.89. The topological polar surface area (TPSA) is 86.5 Å². The summed E-state index contributed by atoms with van der Waals surface area (Å²) in [6.45, 7) is 4.40. The lowest BCUT2D eigenvalue weighted by atomic mass is 10.1. The quantitative estimate of drug-likeness (QED) is 0.777. The lowest BCUT2D eigenvalue weighted by Crippen LogP contribution is -2.41. The number of aromatic nitrogens is 1. The molecule has 1 fully saturated rings. The van der Waals surface area contributed by atoms with Crippen molar-refractivity contribution in [3.05, 3.63) is 23.4 Å². The third-order valence-electron chi connectivity index (χ3n) is 2.78. The highest BCUT2D eigenvalue weighted by molar-refractivity contribution is 5.96. The van der Waals surface area contributed by atoms with Crippen LogP contribution in [-0.4, -0.2) is 43.3 Å². The van der Waals surface area contributed by atoms with Gasteiger partial charge in [-0.05, 0) is 18.6 Å². The Hall–Kier alpha value is -1.66. The maximum atomic E-state index is 11.4. The van der Waals surface area contributed by atoms with E-state index in [-0.39, 0.29) is 12.0 Å². The molecule has 6 nitrogen and oxygen atoms in total. The molecular formula is C12H17N3O3. The third kappa shape index (κ3) is 2.96. The van der Waals surface area contributed by atoms with E-state index >= 15 is 0 Å². The summed E-state index contributed by atoms with van der Waals surface area (Å²) >= 11 is 0. The van der Waals surface area contributed by atoms with Crippen LogP contribution in [0.25, 0.3) is 0 Å². The van der Waals surface area contributed by atoms with Crippen LogP contribution in [0.3, 0.4) is 0 Å². The molecule has 0 aliphatic carbocycles. The van der Waals surface area contributed by atoms with Gasteiger partial charge in [-0.3, -0.25) is 4.79 Å². The summed E-state index contributed by atoms with van der Waals surface area (Å²) < 4.78 is 11.0. The van der Waals surface area contributed by atoms with Crippen LogP contribution in [0, 0.1) is 6.92 Å². The van der Waals surface area contributed by atoms with Gasteiger partial charge in [0.25, 0.3) is 5.91 Å². The normalized spacial score (nSPS) is 19.5. The molecule has 0 spiro atoms. The number of ether oxygens (including phenoxy) is 2. The molecule has 0 aromatic carbocycles. The van der Waals surface area contributed by atoms with Crippen LogP contribution in [0.15, 0.2) is 12.3 Å². The Kier molecular flexibility index (Phi) is 4.11. The highest BCUT2D eigenvalue weighted by atomic mass is 16.5. The summed E-state index contributed by atoms with van der Waals surface area (Å²) in [5, 5.41) is 3.20. The first-order valence-electron chi connectivity index (χ1n) is 5.89. The molecule has 1 unspecified atom stereocenters. The maximum Gasteiger partial charge on any atom is 0.254 e. The summed E-state index contributed by atoms with van der Waals surface area (Å²) in [4.78, 5) is 15.4. The van der Waals surface area contributed by atoms with Crippen molar-refractivity contribution in [2.45, 2.75) is 13.0 Å². The molecule has 1 saturated heterocycles. The molecule has 98 valence electrons. The molecule has 1 amide bonds. The highest BCUT2D eigenvalue weighted by Gasteiger charge is 2.18. The first kappa shape index (κ1) is 12.8. The van der Waals surface area contributed by atoms with Crippen molar-refractivity contribution in [3.63, 3.8) is 0 Å². The van der Waals surface area contributed by atoms with E-state index in [1.807, 2.05) is 0 Å². The van der Waals surface area contributed by atoms with Crippen LogP contribution in [-0.2, 0) is 4.74 Å². The van der Waals surface area contributed by atoms with E-state index in [9.17, 15) is 4.79 Å². The number of primary amides is 1. The Balaban J connectivity index is 2.04. The van der Waals surface area contributed by atoms with Crippen molar-refractivity contribution >= 4 is 5.91 Å². The number of amides is 1. The van der Waals surface area contributed by atoms with E-state index in [1.165, 1.54) is 0 Å². The number of morpholine rings is 1. The van der Waals surface area contributed by atoms with E-state index in [1.54, 1.807) is 19.2 Å². The van der Waals surface area contributed by atoms with Crippen molar-refractivity contribution < 1.29 is 14.3 Å². The fourth-order valence-corrected chi connectivity index (χ4v) is 1.84. The predicted octanol–water partition coefficient (Wildman–Crippen LogP) is -0.144. The number of hydrogen-bond donors (Lipinski definition) is 2. The maximum absolute atomic E-state index is 11.4. The van der Waals surface area contributed by atoms with E-state index in [4.69, 9.17) is 15.2 Å². The fraction of sp³-hybridized carbons (Fsp3) is 0.500. The molecule has 0 bridgehead atoms. The van der Waals surface area contributed by atoms with Gasteiger partial charge in [-0.2, -0.15) is 0 Å². The number of aryl methyl sites for hydroxylation is 1. The minimum atomic E-state index is -0.529. The van der Waals surface area contributed by atoms with E-state index in [0.29, 0.717) is 18.8 Å². The van der Waals surface area contributed by atoms with Crippen LogP contribution >= 0.6 is 0 Å². The fourth-order valence-electron chi connectivity index (χ4n) is 1.84. The minimum absolute atomic E-state index is 0.0261. The number of carbonyl (C=O) groups excluding carboxylic acids is 1. The van der Waals surface area contributed by atoms with E-state index < -0.39 is 5.91 Å². The Morgan fingerprint density at radius 2 is 2.56 bits per heavy atom. The van der Waals surface area contributed by atoms with Crippen LogP contribution in [0.1, 0.15) is 15.9 Å². The monoisotopic (exact) mass is 251 g/mol. The van der Waals surface area contributed by atoms with Gasteiger partial charge in [0, 0.05) is 19.3 Å². The van der Waals surface area contributed by atoms with Gasteiger partial charge in [0.05, 0.1) is 6.61 Å². The second kappa shape index (κ2) is 5.79. The highest BCUT2D eigenvalue weighted by Crippen LogP contribution is 2.18. The number of rotatable bonds is 4. The molecule has 6 heteroatoms. The molecule has 1 aromatic rings. The molecule has 0 radical (unpaired) electrons. The van der Waals surface area contributed by atoms with Gasteiger partial charge in [-0.1, -0.05) is 0 Å². The molecule has 0 saturated carbocycles. The Labute approximate surface area is 105 Å².